The highest BCUT2D eigenvalue weighted by Crippen LogP contribution is 2.23. The Bertz CT molecular complexity index is 139. The van der Waals surface area contributed by atoms with Crippen LogP contribution in [0.15, 0.2) is 0 Å². The van der Waals surface area contributed by atoms with E-state index in [-0.39, 0.29) is 0 Å². The minimum atomic E-state index is -1.21. The van der Waals surface area contributed by atoms with Crippen LogP contribution in [-0.2, 0) is 0 Å². The van der Waals surface area contributed by atoms with Crippen molar-refractivity contribution in [3.63, 3.8) is 0 Å². The number of nitrogens with two attached hydrogens (primary N) is 1. The zero-order chi connectivity index (χ0) is 11.7. The van der Waals surface area contributed by atoms with Gasteiger partial charge in [-0.15, -0.1) is 9.24 Å². The van der Waals surface area contributed by atoms with Crippen LogP contribution in [0.5, 0.6) is 0 Å². The molecule has 4 nitrogen and oxygen atoms in total. The van der Waals surface area contributed by atoms with E-state index >= 15 is 0 Å². The Kier molecular flexibility index (Phi) is 8.58. The molecule has 0 aromatic rings. The van der Waals surface area contributed by atoms with Gasteiger partial charge in [-0.1, -0.05) is 19.3 Å². The van der Waals surface area contributed by atoms with Gasteiger partial charge in [-0.05, 0) is 18.5 Å². The highest BCUT2D eigenvalue weighted by Gasteiger charge is 2.20. The maximum absolute atomic E-state index is 8.34. The Morgan fingerprint density at radius 3 is 1.53 bits per heavy atom. The van der Waals surface area contributed by atoms with E-state index in [1.54, 1.807) is 0 Å². The summed E-state index contributed by atoms with van der Waals surface area (Å²) >= 11 is 0. The average molecular weight is 237 g/mol. The highest BCUT2D eigenvalue weighted by atomic mass is 31.0. The fraction of sp³-hybridized carbons (Fsp3) is 1.00. The Morgan fingerprint density at radius 1 is 1.00 bits per heavy atom. The monoisotopic (exact) mass is 237 g/mol. The molecule has 0 amide bonds. The lowest BCUT2D eigenvalue weighted by Crippen LogP contribution is -2.50. The number of rotatable bonds is 3. The van der Waals surface area contributed by atoms with E-state index in [0.29, 0.717) is 0 Å². The molecule has 0 aliphatic heterocycles. The summed E-state index contributed by atoms with van der Waals surface area (Å²) in [6.07, 6.45) is 7.31. The molecule has 92 valence electrons. The third kappa shape index (κ3) is 7.20. The van der Waals surface area contributed by atoms with Crippen molar-refractivity contribution >= 4 is 9.24 Å². The Balaban J connectivity index is 0.000000262. The van der Waals surface area contributed by atoms with Crippen molar-refractivity contribution in [2.24, 2.45) is 5.73 Å². The van der Waals surface area contributed by atoms with Gasteiger partial charge in [-0.25, -0.2) is 0 Å². The minimum Gasteiger partial charge on any atom is -0.394 e. The normalized spacial score (nSPS) is 18.2. The number of aliphatic hydroxyl groups is 3. The summed E-state index contributed by atoms with van der Waals surface area (Å²) in [5.41, 5.74) is 4.89. The fourth-order valence-corrected chi connectivity index (χ4v) is 1.76. The molecule has 1 aliphatic carbocycles. The molecule has 1 atom stereocenters. The van der Waals surface area contributed by atoms with E-state index in [1.807, 2.05) is 0 Å². The third-order valence-corrected chi connectivity index (χ3v) is 3.26. The van der Waals surface area contributed by atoms with Crippen LogP contribution in [0.25, 0.3) is 0 Å². The number of aliphatic hydroxyl groups excluding tert-OH is 3. The first kappa shape index (κ1) is 15.3. The summed E-state index contributed by atoms with van der Waals surface area (Å²) in [4.78, 5) is 0. The summed E-state index contributed by atoms with van der Waals surface area (Å²) in [7, 11) is 2.91. The minimum absolute atomic E-state index is 0.403. The zero-order valence-corrected chi connectivity index (χ0v) is 10.4. The summed E-state index contributed by atoms with van der Waals surface area (Å²) in [6, 6.07) is 0. The van der Waals surface area contributed by atoms with Crippen molar-refractivity contribution in [1.29, 1.82) is 0 Å². The second-order valence-electron chi connectivity index (χ2n) is 4.23. The quantitative estimate of drug-likeness (QED) is 0.514. The molecular formula is C10H24NO3P. The molecule has 0 heterocycles. The number of hydrogen-bond donors (Lipinski definition) is 4. The maximum Gasteiger partial charge on any atom is 0.0856 e. The van der Waals surface area contributed by atoms with E-state index in [9.17, 15) is 0 Å². The fourth-order valence-electron chi connectivity index (χ4n) is 1.28. The lowest BCUT2D eigenvalue weighted by Gasteiger charge is -2.20. The van der Waals surface area contributed by atoms with E-state index < -0.39 is 25.4 Å². The van der Waals surface area contributed by atoms with Crippen molar-refractivity contribution in [2.75, 3.05) is 19.8 Å². The lowest BCUT2D eigenvalue weighted by molar-refractivity contribution is 0.0698. The van der Waals surface area contributed by atoms with Crippen molar-refractivity contribution < 1.29 is 15.3 Å². The van der Waals surface area contributed by atoms with Gasteiger partial charge in [0.15, 0.2) is 0 Å². The summed E-state index contributed by atoms with van der Waals surface area (Å²) in [6.45, 7) is -1.21. The molecule has 0 aromatic heterocycles. The molecule has 15 heavy (non-hydrogen) atoms. The molecule has 0 spiro atoms. The van der Waals surface area contributed by atoms with Gasteiger partial charge in [0.2, 0.25) is 0 Å². The van der Waals surface area contributed by atoms with Crippen LogP contribution in [0.2, 0.25) is 0 Å². The zero-order valence-electron chi connectivity index (χ0n) is 9.23. The molecule has 5 heteroatoms. The first-order chi connectivity index (χ1) is 7.08. The molecule has 0 saturated heterocycles. The van der Waals surface area contributed by atoms with Gasteiger partial charge in [0, 0.05) is 0 Å². The Hall–Kier alpha value is 0.270. The predicted molar refractivity (Wildman–Crippen MR) is 64.8 cm³/mol. The molecule has 1 fully saturated rings. The second-order valence-corrected chi connectivity index (χ2v) is 5.18. The van der Waals surface area contributed by atoms with Gasteiger partial charge in [0.05, 0.1) is 25.4 Å². The SMILES string of the molecule is NC(CO)(CO)CO.PC1CCCCC1. The van der Waals surface area contributed by atoms with Crippen LogP contribution < -0.4 is 5.73 Å². The molecule has 1 rings (SSSR count). The van der Waals surface area contributed by atoms with Crippen LogP contribution in [-0.4, -0.2) is 46.3 Å². The smallest absolute Gasteiger partial charge is 0.0856 e. The molecule has 1 unspecified atom stereocenters. The Labute approximate surface area is 94.1 Å². The van der Waals surface area contributed by atoms with Crippen molar-refractivity contribution in [3.8, 4) is 0 Å². The molecule has 0 radical (unpaired) electrons. The molecule has 1 aliphatic rings. The van der Waals surface area contributed by atoms with Crippen molar-refractivity contribution in [2.45, 2.75) is 43.3 Å². The van der Waals surface area contributed by atoms with Gasteiger partial charge < -0.3 is 21.1 Å². The van der Waals surface area contributed by atoms with Crippen molar-refractivity contribution in [3.05, 3.63) is 0 Å². The first-order valence-corrected chi connectivity index (χ1v) is 6.11. The van der Waals surface area contributed by atoms with E-state index in [4.69, 9.17) is 21.1 Å². The van der Waals surface area contributed by atoms with Gasteiger partial charge in [-0.3, -0.25) is 0 Å². The molecule has 0 bridgehead atoms. The summed E-state index contributed by atoms with van der Waals surface area (Å²) in [5, 5.41) is 25.0. The van der Waals surface area contributed by atoms with E-state index in [2.05, 4.69) is 9.24 Å². The van der Waals surface area contributed by atoms with Crippen LogP contribution >= 0.6 is 9.24 Å². The van der Waals surface area contributed by atoms with Gasteiger partial charge in [-0.2, -0.15) is 0 Å². The maximum atomic E-state index is 8.34. The lowest BCUT2D eigenvalue weighted by atomic mass is 10.0. The van der Waals surface area contributed by atoms with Gasteiger partial charge in [0.1, 0.15) is 0 Å². The molecular weight excluding hydrogens is 213 g/mol. The summed E-state index contributed by atoms with van der Waals surface area (Å²) < 4.78 is 0. The highest BCUT2D eigenvalue weighted by molar-refractivity contribution is 7.17. The van der Waals surface area contributed by atoms with Crippen LogP contribution in [0.1, 0.15) is 32.1 Å². The Morgan fingerprint density at radius 2 is 1.40 bits per heavy atom. The topological polar surface area (TPSA) is 86.7 Å². The predicted octanol–water partition coefficient (Wildman–Crippen LogP) is -0.145. The summed E-state index contributed by atoms with van der Waals surface area (Å²) in [5.74, 6) is 0. The number of hydrogen-bond acceptors (Lipinski definition) is 4. The largest absolute Gasteiger partial charge is 0.394 e. The van der Waals surface area contributed by atoms with Crippen LogP contribution in [0, 0.1) is 0 Å². The first-order valence-electron chi connectivity index (χ1n) is 5.45. The molecule has 5 N–H and O–H groups in total. The van der Waals surface area contributed by atoms with Crippen molar-refractivity contribution in [1.82, 2.24) is 0 Å². The molecule has 0 aromatic carbocycles. The van der Waals surface area contributed by atoms with Gasteiger partial charge in [0.25, 0.3) is 0 Å². The van der Waals surface area contributed by atoms with E-state index in [1.165, 1.54) is 32.1 Å². The van der Waals surface area contributed by atoms with Gasteiger partial charge >= 0.3 is 0 Å². The second kappa shape index (κ2) is 8.43. The van der Waals surface area contributed by atoms with Crippen LogP contribution in [0.4, 0.5) is 0 Å². The third-order valence-electron chi connectivity index (χ3n) is 2.59. The average Bonchev–Trinajstić information content (AvgIpc) is 2.30. The van der Waals surface area contributed by atoms with E-state index in [0.717, 1.165) is 5.66 Å². The van der Waals surface area contributed by atoms with Crippen LogP contribution in [0.3, 0.4) is 0 Å². The molecule has 1 saturated carbocycles. The standard InChI is InChI=1S/C6H13P.C4H11NO3/c7-6-4-2-1-3-5-6;5-4(1-6,2-7)3-8/h6H,1-5,7H2;6-8H,1-3,5H2.